The van der Waals surface area contributed by atoms with E-state index in [0.29, 0.717) is 6.42 Å². The monoisotopic (exact) mass is 316 g/mol. The molecule has 2 atom stereocenters. The molecule has 3 nitrogen and oxygen atoms in total. The van der Waals surface area contributed by atoms with E-state index in [2.05, 4.69) is 19.6 Å². The average molecular weight is 316 g/mol. The van der Waals surface area contributed by atoms with Crippen LogP contribution in [-0.4, -0.2) is 17.2 Å². The van der Waals surface area contributed by atoms with Gasteiger partial charge in [-0.15, -0.1) is 6.58 Å². The minimum atomic E-state index is -0.466. The van der Waals surface area contributed by atoms with Gasteiger partial charge >= 0.3 is 5.97 Å². The molecule has 3 heteroatoms. The predicted molar refractivity (Wildman–Crippen MR) is 92.7 cm³/mol. The maximum atomic E-state index is 12.4. The Bertz CT molecular complexity index is 570. The van der Waals surface area contributed by atoms with Gasteiger partial charge in [0.25, 0.3) is 0 Å². The van der Waals surface area contributed by atoms with Crippen LogP contribution in [0.1, 0.15) is 64.9 Å². The molecule has 1 unspecified atom stereocenters. The fourth-order valence-electron chi connectivity index (χ4n) is 3.35. The molecule has 126 valence electrons. The molecular weight excluding hydrogens is 288 g/mol. The zero-order valence-corrected chi connectivity index (χ0v) is 14.7. The Balaban J connectivity index is 2.29. The van der Waals surface area contributed by atoms with E-state index in [-0.39, 0.29) is 17.5 Å². The van der Waals surface area contributed by atoms with Gasteiger partial charge < -0.3 is 9.47 Å². The van der Waals surface area contributed by atoms with Gasteiger partial charge in [-0.3, -0.25) is 4.79 Å². The lowest BCUT2D eigenvalue weighted by molar-refractivity contribution is -0.156. The quantitative estimate of drug-likeness (QED) is 0.546. The largest absolute Gasteiger partial charge is 0.486 e. The van der Waals surface area contributed by atoms with Gasteiger partial charge in [0, 0.05) is 11.5 Å². The van der Waals surface area contributed by atoms with Crippen LogP contribution in [0, 0.1) is 0 Å². The van der Waals surface area contributed by atoms with E-state index in [4.69, 9.17) is 9.47 Å². The number of fused-ring (bicyclic) bond motifs is 1. The second kappa shape index (κ2) is 6.77. The Morgan fingerprint density at radius 2 is 2.09 bits per heavy atom. The number of ether oxygens (including phenoxy) is 2. The summed E-state index contributed by atoms with van der Waals surface area (Å²) in [5, 5.41) is 0. The number of para-hydroxylation sites is 1. The Morgan fingerprint density at radius 1 is 1.39 bits per heavy atom. The van der Waals surface area contributed by atoms with E-state index in [1.807, 2.05) is 45.0 Å². The molecular formula is C20H28O3. The van der Waals surface area contributed by atoms with Gasteiger partial charge in [0.2, 0.25) is 0 Å². The van der Waals surface area contributed by atoms with E-state index in [9.17, 15) is 4.79 Å². The fourth-order valence-corrected chi connectivity index (χ4v) is 3.35. The highest BCUT2D eigenvalue weighted by Gasteiger charge is 2.47. The summed E-state index contributed by atoms with van der Waals surface area (Å²) in [7, 11) is 0. The van der Waals surface area contributed by atoms with E-state index in [1.165, 1.54) is 0 Å². The first-order valence-electron chi connectivity index (χ1n) is 8.42. The van der Waals surface area contributed by atoms with Crippen molar-refractivity contribution in [3.8, 4) is 5.75 Å². The molecule has 0 bridgehead atoms. The summed E-state index contributed by atoms with van der Waals surface area (Å²) in [4.78, 5) is 12.4. The highest BCUT2D eigenvalue weighted by molar-refractivity contribution is 5.72. The van der Waals surface area contributed by atoms with Gasteiger partial charge in [-0.05, 0) is 46.1 Å². The summed E-state index contributed by atoms with van der Waals surface area (Å²) < 4.78 is 11.9. The zero-order chi connectivity index (χ0) is 17.1. The second-order valence-corrected chi connectivity index (χ2v) is 7.23. The average Bonchev–Trinajstić information content (AvgIpc) is 2.78. The summed E-state index contributed by atoms with van der Waals surface area (Å²) in [5.74, 6) is 0.754. The van der Waals surface area contributed by atoms with Crippen LogP contribution in [0.25, 0.3) is 0 Å². The topological polar surface area (TPSA) is 35.5 Å². The molecule has 0 aromatic heterocycles. The predicted octanol–water partition coefficient (Wildman–Crippen LogP) is 5.01. The molecule has 23 heavy (non-hydrogen) atoms. The minimum Gasteiger partial charge on any atom is -0.486 e. The van der Waals surface area contributed by atoms with Crippen LogP contribution in [-0.2, 0) is 9.53 Å². The van der Waals surface area contributed by atoms with Crippen LogP contribution in [0.4, 0.5) is 0 Å². The normalized spacial score (nSPS) is 23.0. The van der Waals surface area contributed by atoms with Crippen LogP contribution in [0.5, 0.6) is 5.75 Å². The van der Waals surface area contributed by atoms with Crippen molar-refractivity contribution in [3.63, 3.8) is 0 Å². The molecule has 1 heterocycles. The van der Waals surface area contributed by atoms with Crippen LogP contribution in [0.15, 0.2) is 36.9 Å². The summed E-state index contributed by atoms with van der Waals surface area (Å²) >= 11 is 0. The fraction of sp³-hybridized carbons (Fsp3) is 0.550. The third kappa shape index (κ3) is 3.95. The van der Waals surface area contributed by atoms with E-state index in [1.54, 1.807) is 0 Å². The van der Waals surface area contributed by atoms with Crippen molar-refractivity contribution < 1.29 is 14.3 Å². The summed E-state index contributed by atoms with van der Waals surface area (Å²) in [5.41, 5.74) is 0.296. The summed E-state index contributed by atoms with van der Waals surface area (Å²) in [6, 6.07) is 8.03. The number of hydrogen-bond donors (Lipinski definition) is 0. The number of rotatable bonds is 6. The minimum absolute atomic E-state index is 0.0264. The first-order valence-corrected chi connectivity index (χ1v) is 8.42. The molecule has 1 aliphatic heterocycles. The van der Waals surface area contributed by atoms with Crippen molar-refractivity contribution in [3.05, 3.63) is 42.5 Å². The van der Waals surface area contributed by atoms with Gasteiger partial charge in [-0.25, -0.2) is 0 Å². The number of hydrogen-bond acceptors (Lipinski definition) is 3. The first-order chi connectivity index (χ1) is 10.8. The van der Waals surface area contributed by atoms with Gasteiger partial charge in [0.15, 0.2) is 0 Å². The summed E-state index contributed by atoms with van der Waals surface area (Å²) in [6.45, 7) is 11.6. The standard InChI is InChI=1S/C20H28O3/c1-6-8-13-20(7-2)16(14-18(21)23-19(3,4)5)15-11-9-10-12-17(15)22-20/h6,9-12,16H,1,7-8,13-14H2,2-5H3/t16-,20?/m1/s1. The molecule has 0 saturated carbocycles. The van der Waals surface area contributed by atoms with Crippen LogP contribution >= 0.6 is 0 Å². The molecule has 0 saturated heterocycles. The lowest BCUT2D eigenvalue weighted by Crippen LogP contribution is -2.39. The van der Waals surface area contributed by atoms with Crippen LogP contribution < -0.4 is 4.74 Å². The van der Waals surface area contributed by atoms with Crippen molar-refractivity contribution in [2.75, 3.05) is 0 Å². The first kappa shape index (κ1) is 17.6. The maximum Gasteiger partial charge on any atom is 0.307 e. The molecule has 1 aliphatic rings. The third-order valence-corrected chi connectivity index (χ3v) is 4.40. The zero-order valence-electron chi connectivity index (χ0n) is 14.7. The molecule has 1 aromatic carbocycles. The molecule has 0 radical (unpaired) electrons. The van der Waals surface area contributed by atoms with Gasteiger partial charge in [-0.1, -0.05) is 31.2 Å². The van der Waals surface area contributed by atoms with Gasteiger partial charge in [0.1, 0.15) is 17.0 Å². The van der Waals surface area contributed by atoms with Crippen molar-refractivity contribution in [2.45, 2.75) is 70.5 Å². The van der Waals surface area contributed by atoms with Gasteiger partial charge in [0.05, 0.1) is 6.42 Å². The second-order valence-electron chi connectivity index (χ2n) is 7.23. The molecule has 1 aromatic rings. The van der Waals surface area contributed by atoms with Crippen molar-refractivity contribution in [1.82, 2.24) is 0 Å². The Morgan fingerprint density at radius 3 is 2.70 bits per heavy atom. The third-order valence-electron chi connectivity index (χ3n) is 4.40. The van der Waals surface area contributed by atoms with Gasteiger partial charge in [-0.2, -0.15) is 0 Å². The number of allylic oxidation sites excluding steroid dienone is 1. The summed E-state index contributed by atoms with van der Waals surface area (Å²) in [6.07, 6.45) is 4.83. The smallest absolute Gasteiger partial charge is 0.307 e. The van der Waals surface area contributed by atoms with Crippen molar-refractivity contribution in [1.29, 1.82) is 0 Å². The Hall–Kier alpha value is -1.77. The van der Waals surface area contributed by atoms with E-state index >= 15 is 0 Å². The maximum absolute atomic E-state index is 12.4. The number of carbonyl (C=O) groups is 1. The van der Waals surface area contributed by atoms with Crippen LogP contribution in [0.3, 0.4) is 0 Å². The Kier molecular flexibility index (Phi) is 5.18. The molecule has 2 rings (SSSR count). The molecule has 0 amide bonds. The van der Waals surface area contributed by atoms with E-state index in [0.717, 1.165) is 30.6 Å². The number of carbonyl (C=O) groups excluding carboxylic acids is 1. The Labute approximate surface area is 139 Å². The van der Waals surface area contributed by atoms with Crippen molar-refractivity contribution in [2.24, 2.45) is 0 Å². The van der Waals surface area contributed by atoms with Crippen LogP contribution in [0.2, 0.25) is 0 Å². The van der Waals surface area contributed by atoms with E-state index < -0.39 is 5.60 Å². The highest BCUT2D eigenvalue weighted by Crippen LogP contribution is 2.50. The number of benzene rings is 1. The molecule has 0 fully saturated rings. The highest BCUT2D eigenvalue weighted by atomic mass is 16.6. The molecule has 0 aliphatic carbocycles. The SMILES string of the molecule is C=CCCC1(CC)Oc2ccccc2[C@H]1CC(=O)OC(C)(C)C. The molecule has 0 N–H and O–H groups in total. The lowest BCUT2D eigenvalue weighted by atomic mass is 9.77. The molecule has 0 spiro atoms. The lowest BCUT2D eigenvalue weighted by Gasteiger charge is -2.34. The number of esters is 1. The van der Waals surface area contributed by atoms with Crippen molar-refractivity contribution >= 4 is 5.97 Å².